The number of nitrogens with one attached hydrogen (secondary N) is 2. The first kappa shape index (κ1) is 25.9. The summed E-state index contributed by atoms with van der Waals surface area (Å²) in [6.45, 7) is -0.113. The summed E-state index contributed by atoms with van der Waals surface area (Å²) in [5, 5.41) is 27.9. The van der Waals surface area contributed by atoms with Crippen molar-refractivity contribution in [1.29, 1.82) is 5.41 Å². The molecule has 2 heterocycles. The van der Waals surface area contributed by atoms with Gasteiger partial charge in [-0.05, 0) is 12.8 Å². The first-order chi connectivity index (χ1) is 14.1. The van der Waals surface area contributed by atoms with Crippen molar-refractivity contribution in [3.8, 4) is 0 Å². The van der Waals surface area contributed by atoms with Gasteiger partial charge < -0.3 is 36.0 Å². The molecule has 2 aliphatic heterocycles. The zero-order valence-electron chi connectivity index (χ0n) is 16.8. The number of carbonyl (C=O) groups excluding carboxylic acids is 3. The van der Waals surface area contributed by atoms with E-state index in [9.17, 15) is 24.0 Å². The Labute approximate surface area is 184 Å². The van der Waals surface area contributed by atoms with Crippen LogP contribution in [-0.2, 0) is 24.0 Å². The molecular formula is C17H27ClN6O7. The minimum atomic E-state index is -1.32. The number of nitrogens with zero attached hydrogens (tertiary/aromatic N) is 3. The Balaban J connectivity index is 0.00000480. The van der Waals surface area contributed by atoms with Crippen LogP contribution >= 0.6 is 12.4 Å². The van der Waals surface area contributed by atoms with E-state index >= 15 is 0 Å². The fraction of sp³-hybridized carbons (Fsp3) is 0.647. The van der Waals surface area contributed by atoms with Crippen LogP contribution in [0, 0.1) is 11.3 Å². The van der Waals surface area contributed by atoms with Crippen LogP contribution in [0.15, 0.2) is 0 Å². The quantitative estimate of drug-likeness (QED) is 0.204. The molecule has 0 radical (unpaired) electrons. The lowest BCUT2D eigenvalue weighted by atomic mass is 9.96. The maximum absolute atomic E-state index is 12.6. The SMILES string of the molecule is Cl.N=C(N)N1CCC(C(=O)NCC(=O)N2CCN(CC(=O)O)C(=O)[C@@H]2CC(=O)O)CC1. The molecule has 1 atom stereocenters. The van der Waals surface area contributed by atoms with Gasteiger partial charge in [0.2, 0.25) is 17.7 Å². The van der Waals surface area contributed by atoms with Crippen molar-refractivity contribution in [2.45, 2.75) is 25.3 Å². The number of carboxylic acids is 2. The van der Waals surface area contributed by atoms with Crippen LogP contribution in [0.25, 0.3) is 0 Å². The second-order valence-corrected chi connectivity index (χ2v) is 7.22. The molecule has 0 aliphatic carbocycles. The molecule has 3 amide bonds. The topological polar surface area (TPSA) is 197 Å². The molecule has 0 spiro atoms. The predicted molar refractivity (Wildman–Crippen MR) is 108 cm³/mol. The fourth-order valence-electron chi connectivity index (χ4n) is 3.61. The summed E-state index contributed by atoms with van der Waals surface area (Å²) in [5.74, 6) is -4.62. The summed E-state index contributed by atoms with van der Waals surface area (Å²) >= 11 is 0. The summed E-state index contributed by atoms with van der Waals surface area (Å²) in [4.78, 5) is 63.1. The second kappa shape index (κ2) is 11.3. The van der Waals surface area contributed by atoms with Gasteiger partial charge in [-0.15, -0.1) is 12.4 Å². The van der Waals surface area contributed by atoms with E-state index in [0.717, 1.165) is 9.80 Å². The minimum Gasteiger partial charge on any atom is -0.481 e. The molecule has 2 rings (SSSR count). The van der Waals surface area contributed by atoms with Crippen molar-refractivity contribution in [2.75, 3.05) is 39.3 Å². The van der Waals surface area contributed by atoms with Crippen molar-refractivity contribution >= 4 is 48.0 Å². The van der Waals surface area contributed by atoms with Crippen LogP contribution < -0.4 is 11.1 Å². The molecule has 14 heteroatoms. The molecule has 0 saturated carbocycles. The zero-order chi connectivity index (χ0) is 22.4. The lowest BCUT2D eigenvalue weighted by Crippen LogP contribution is -2.61. The van der Waals surface area contributed by atoms with Crippen molar-refractivity contribution in [3.63, 3.8) is 0 Å². The monoisotopic (exact) mass is 462 g/mol. The smallest absolute Gasteiger partial charge is 0.323 e. The summed E-state index contributed by atoms with van der Waals surface area (Å²) in [7, 11) is 0. The van der Waals surface area contributed by atoms with Crippen molar-refractivity contribution < 1.29 is 34.2 Å². The molecular weight excluding hydrogens is 436 g/mol. The molecule has 2 saturated heterocycles. The summed E-state index contributed by atoms with van der Waals surface area (Å²) in [5.41, 5.74) is 5.42. The zero-order valence-corrected chi connectivity index (χ0v) is 17.6. The minimum absolute atomic E-state index is 0. The first-order valence-electron chi connectivity index (χ1n) is 9.48. The standard InChI is InChI=1S/C17H26N6O7.ClH/c18-17(19)21-3-1-10(2-4-21)15(29)20-8-12(24)23-6-5-22(9-14(27)28)16(30)11(23)7-13(25)26;/h10-11H,1-9H2,(H3,18,19)(H,20,29)(H,25,26)(H,27,28);1H/t11-;/m0./s1. The maximum atomic E-state index is 12.6. The molecule has 174 valence electrons. The van der Waals surface area contributed by atoms with Gasteiger partial charge in [-0.1, -0.05) is 0 Å². The number of halogens is 1. The largest absolute Gasteiger partial charge is 0.481 e. The number of rotatable bonds is 7. The van der Waals surface area contributed by atoms with E-state index in [1.165, 1.54) is 0 Å². The van der Waals surface area contributed by atoms with Gasteiger partial charge in [0, 0.05) is 32.1 Å². The number of hydrogen-bond acceptors (Lipinski definition) is 6. The number of piperazine rings is 1. The molecule has 0 aromatic rings. The van der Waals surface area contributed by atoms with Gasteiger partial charge in [-0.3, -0.25) is 29.4 Å². The summed E-state index contributed by atoms with van der Waals surface area (Å²) < 4.78 is 0. The third-order valence-electron chi connectivity index (χ3n) is 5.22. The molecule has 31 heavy (non-hydrogen) atoms. The highest BCUT2D eigenvalue weighted by atomic mass is 35.5. The van der Waals surface area contributed by atoms with Crippen molar-refractivity contribution in [2.24, 2.45) is 11.7 Å². The van der Waals surface area contributed by atoms with Crippen LogP contribution in [0.1, 0.15) is 19.3 Å². The highest BCUT2D eigenvalue weighted by molar-refractivity contribution is 5.94. The van der Waals surface area contributed by atoms with E-state index in [-0.39, 0.29) is 43.3 Å². The van der Waals surface area contributed by atoms with Crippen LogP contribution in [0.5, 0.6) is 0 Å². The normalized spacial score (nSPS) is 19.4. The molecule has 2 aliphatic rings. The number of amides is 3. The molecule has 2 fully saturated rings. The van der Waals surface area contributed by atoms with E-state index in [1.807, 2.05) is 0 Å². The number of carbonyl (C=O) groups is 5. The maximum Gasteiger partial charge on any atom is 0.323 e. The third kappa shape index (κ3) is 6.98. The van der Waals surface area contributed by atoms with Gasteiger partial charge in [0.25, 0.3) is 0 Å². The lowest BCUT2D eigenvalue weighted by Gasteiger charge is -2.39. The van der Waals surface area contributed by atoms with Gasteiger partial charge in [-0.25, -0.2) is 0 Å². The Bertz CT molecular complexity index is 740. The van der Waals surface area contributed by atoms with Crippen LogP contribution in [0.4, 0.5) is 0 Å². The molecule has 0 bridgehead atoms. The number of hydrogen-bond donors (Lipinski definition) is 5. The second-order valence-electron chi connectivity index (χ2n) is 7.22. The Morgan fingerprint density at radius 3 is 2.19 bits per heavy atom. The third-order valence-corrected chi connectivity index (χ3v) is 5.22. The van der Waals surface area contributed by atoms with Gasteiger partial charge in [0.1, 0.15) is 12.6 Å². The number of carboxylic acid groups (broad SMARTS) is 2. The van der Waals surface area contributed by atoms with Crippen LogP contribution in [0.3, 0.4) is 0 Å². The first-order valence-corrected chi connectivity index (χ1v) is 9.48. The summed E-state index contributed by atoms with van der Waals surface area (Å²) in [6.07, 6.45) is 0.305. The molecule has 0 unspecified atom stereocenters. The highest BCUT2D eigenvalue weighted by Crippen LogP contribution is 2.18. The number of nitrogens with two attached hydrogens (primary N) is 1. The lowest BCUT2D eigenvalue weighted by molar-refractivity contribution is -0.158. The average molecular weight is 463 g/mol. The van der Waals surface area contributed by atoms with Gasteiger partial charge in [-0.2, -0.15) is 0 Å². The Morgan fingerprint density at radius 2 is 1.68 bits per heavy atom. The number of likely N-dealkylation sites (tertiary alicyclic amines) is 1. The van der Waals surface area contributed by atoms with Gasteiger partial charge >= 0.3 is 11.9 Å². The van der Waals surface area contributed by atoms with E-state index in [4.69, 9.17) is 21.4 Å². The average Bonchev–Trinajstić information content (AvgIpc) is 2.68. The van der Waals surface area contributed by atoms with E-state index in [1.54, 1.807) is 4.90 Å². The van der Waals surface area contributed by atoms with Crippen LogP contribution in [-0.4, -0.2) is 106 Å². The molecule has 13 nitrogen and oxygen atoms in total. The molecule has 6 N–H and O–H groups in total. The van der Waals surface area contributed by atoms with E-state index < -0.39 is 49.3 Å². The van der Waals surface area contributed by atoms with E-state index in [2.05, 4.69) is 5.32 Å². The van der Waals surface area contributed by atoms with Gasteiger partial charge in [0.05, 0.1) is 13.0 Å². The van der Waals surface area contributed by atoms with Crippen molar-refractivity contribution in [3.05, 3.63) is 0 Å². The Kier molecular flexibility index (Phi) is 9.49. The van der Waals surface area contributed by atoms with Gasteiger partial charge in [0.15, 0.2) is 5.96 Å². The number of aliphatic carboxylic acids is 2. The predicted octanol–water partition coefficient (Wildman–Crippen LogP) is -2.27. The molecule has 0 aromatic carbocycles. The van der Waals surface area contributed by atoms with Crippen LogP contribution in [0.2, 0.25) is 0 Å². The van der Waals surface area contributed by atoms with Crippen molar-refractivity contribution in [1.82, 2.24) is 20.0 Å². The number of guanidine groups is 1. The number of piperidine rings is 1. The Morgan fingerprint density at radius 1 is 1.06 bits per heavy atom. The van der Waals surface area contributed by atoms with E-state index in [0.29, 0.717) is 25.9 Å². The molecule has 0 aromatic heterocycles. The Hall–Kier alpha value is -3.09. The fourth-order valence-corrected chi connectivity index (χ4v) is 3.61. The summed E-state index contributed by atoms with van der Waals surface area (Å²) in [6, 6.07) is -1.32. The highest BCUT2D eigenvalue weighted by Gasteiger charge is 2.39.